The number of carbonyl (C=O) groups excluding carboxylic acids is 1. The van der Waals surface area contributed by atoms with E-state index < -0.39 is 9.84 Å². The molecule has 0 spiro atoms. The van der Waals surface area contributed by atoms with Gasteiger partial charge in [0, 0.05) is 38.0 Å². The summed E-state index contributed by atoms with van der Waals surface area (Å²) in [6.45, 7) is 5.38. The fourth-order valence-corrected chi connectivity index (χ4v) is 5.58. The second-order valence-electron chi connectivity index (χ2n) is 8.26. The fourth-order valence-electron chi connectivity index (χ4n) is 3.80. The van der Waals surface area contributed by atoms with Gasteiger partial charge in [0.1, 0.15) is 5.75 Å². The number of piperazine rings is 1. The Bertz CT molecular complexity index is 1230. The quantitative estimate of drug-likeness (QED) is 0.443. The summed E-state index contributed by atoms with van der Waals surface area (Å²) >= 11 is 1.48. The highest BCUT2D eigenvalue weighted by Crippen LogP contribution is 2.31. The maximum atomic E-state index is 13.0. The summed E-state index contributed by atoms with van der Waals surface area (Å²) in [5.74, 6) is 0.745. The summed E-state index contributed by atoms with van der Waals surface area (Å²) in [4.78, 5) is 22.0. The molecule has 1 aliphatic heterocycles. The number of sulfone groups is 1. The van der Waals surface area contributed by atoms with Crippen LogP contribution in [-0.2, 0) is 9.84 Å². The molecule has 2 aromatic carbocycles. The van der Waals surface area contributed by atoms with Gasteiger partial charge in [0.05, 0.1) is 21.7 Å². The molecule has 0 radical (unpaired) electrons. The number of ether oxygens (including phenoxy) is 1. The van der Waals surface area contributed by atoms with Crippen molar-refractivity contribution in [3.8, 4) is 5.75 Å². The van der Waals surface area contributed by atoms with Crippen LogP contribution in [-0.4, -0.2) is 63.3 Å². The van der Waals surface area contributed by atoms with Crippen LogP contribution >= 0.6 is 11.3 Å². The zero-order valence-corrected chi connectivity index (χ0v) is 20.6. The monoisotopic (exact) mass is 487 g/mol. The molecular formula is C24H29N3O4S2. The van der Waals surface area contributed by atoms with Gasteiger partial charge in [-0.05, 0) is 42.8 Å². The summed E-state index contributed by atoms with van der Waals surface area (Å²) in [6.07, 6.45) is 4.50. The van der Waals surface area contributed by atoms with Crippen LogP contribution in [0.1, 0.15) is 36.5 Å². The van der Waals surface area contributed by atoms with E-state index in [-0.39, 0.29) is 5.91 Å². The number of hydrogen-bond acceptors (Lipinski definition) is 7. The van der Waals surface area contributed by atoms with Crippen LogP contribution in [0.3, 0.4) is 0 Å². The second-order valence-corrected chi connectivity index (χ2v) is 11.3. The van der Waals surface area contributed by atoms with Crippen molar-refractivity contribution in [3.63, 3.8) is 0 Å². The van der Waals surface area contributed by atoms with Crippen LogP contribution < -0.4 is 9.64 Å². The first-order valence-electron chi connectivity index (χ1n) is 11.2. The average molecular weight is 488 g/mol. The Kier molecular flexibility index (Phi) is 7.19. The lowest BCUT2D eigenvalue weighted by Crippen LogP contribution is -2.48. The van der Waals surface area contributed by atoms with E-state index in [1.165, 1.54) is 17.6 Å². The normalized spacial score (nSPS) is 14.6. The van der Waals surface area contributed by atoms with Crippen molar-refractivity contribution in [2.45, 2.75) is 31.1 Å². The molecule has 9 heteroatoms. The van der Waals surface area contributed by atoms with Gasteiger partial charge in [-0.2, -0.15) is 0 Å². The molecule has 0 bridgehead atoms. The Morgan fingerprint density at radius 2 is 1.88 bits per heavy atom. The van der Waals surface area contributed by atoms with Crippen molar-refractivity contribution in [3.05, 3.63) is 48.0 Å². The number of fused-ring (bicyclic) bond motifs is 1. The second kappa shape index (κ2) is 10.1. The van der Waals surface area contributed by atoms with Crippen LogP contribution in [0.25, 0.3) is 10.2 Å². The number of unbranched alkanes of at least 4 members (excludes halogenated alkanes) is 2. The zero-order chi connectivity index (χ0) is 23.4. The van der Waals surface area contributed by atoms with E-state index in [2.05, 4.69) is 16.8 Å². The van der Waals surface area contributed by atoms with Gasteiger partial charge in [-0.15, -0.1) is 0 Å². The lowest BCUT2D eigenvalue weighted by atomic mass is 10.1. The third kappa shape index (κ3) is 5.65. The standard InChI is InChI=1S/C24H29N3O4S2/c1-3-4-5-15-31-19-8-6-7-18(16-19)23(28)26-11-13-27(14-12-26)24-25-21-10-9-20(33(2,29)30)17-22(21)32-24/h6-10,16-17H,3-5,11-15H2,1-2H3. The zero-order valence-electron chi connectivity index (χ0n) is 19.0. The van der Waals surface area contributed by atoms with Crippen LogP contribution in [0.15, 0.2) is 47.4 Å². The van der Waals surface area contributed by atoms with Crippen molar-refractivity contribution in [2.75, 3.05) is 43.9 Å². The van der Waals surface area contributed by atoms with Crippen molar-refractivity contribution in [2.24, 2.45) is 0 Å². The van der Waals surface area contributed by atoms with Gasteiger partial charge in [-0.3, -0.25) is 4.79 Å². The van der Waals surface area contributed by atoms with E-state index in [0.29, 0.717) is 43.2 Å². The highest BCUT2D eigenvalue weighted by atomic mass is 32.2. The molecule has 7 nitrogen and oxygen atoms in total. The minimum atomic E-state index is -3.25. The molecule has 1 amide bonds. The molecule has 0 unspecified atom stereocenters. The predicted molar refractivity (Wildman–Crippen MR) is 132 cm³/mol. The predicted octanol–water partition coefficient (Wildman–Crippen LogP) is 4.23. The highest BCUT2D eigenvalue weighted by molar-refractivity contribution is 7.90. The number of anilines is 1. The maximum absolute atomic E-state index is 13.0. The van der Waals surface area contributed by atoms with E-state index >= 15 is 0 Å². The Hall–Kier alpha value is -2.65. The van der Waals surface area contributed by atoms with Gasteiger partial charge in [-0.1, -0.05) is 37.2 Å². The number of rotatable bonds is 8. The lowest BCUT2D eigenvalue weighted by Gasteiger charge is -2.34. The van der Waals surface area contributed by atoms with Crippen molar-refractivity contribution in [1.29, 1.82) is 0 Å². The van der Waals surface area contributed by atoms with E-state index in [1.807, 2.05) is 29.2 Å². The smallest absolute Gasteiger partial charge is 0.254 e. The first-order valence-corrected chi connectivity index (χ1v) is 13.9. The van der Waals surface area contributed by atoms with E-state index in [1.54, 1.807) is 18.2 Å². The van der Waals surface area contributed by atoms with Gasteiger partial charge in [0.15, 0.2) is 15.0 Å². The molecule has 1 aromatic heterocycles. The van der Waals surface area contributed by atoms with Crippen LogP contribution in [0.5, 0.6) is 5.75 Å². The van der Waals surface area contributed by atoms with Crippen molar-refractivity contribution in [1.82, 2.24) is 9.88 Å². The van der Waals surface area contributed by atoms with Crippen LogP contribution in [0, 0.1) is 0 Å². The van der Waals surface area contributed by atoms with E-state index in [0.717, 1.165) is 40.4 Å². The molecule has 1 saturated heterocycles. The Morgan fingerprint density at radius 1 is 1.09 bits per heavy atom. The molecule has 2 heterocycles. The summed E-state index contributed by atoms with van der Waals surface area (Å²) < 4.78 is 30.3. The largest absolute Gasteiger partial charge is 0.494 e. The molecule has 0 saturated carbocycles. The minimum absolute atomic E-state index is 0.00996. The average Bonchev–Trinajstić information content (AvgIpc) is 3.25. The first kappa shape index (κ1) is 23.5. The molecule has 33 heavy (non-hydrogen) atoms. The van der Waals surface area contributed by atoms with Gasteiger partial charge >= 0.3 is 0 Å². The van der Waals surface area contributed by atoms with E-state index in [9.17, 15) is 13.2 Å². The molecule has 0 atom stereocenters. The van der Waals surface area contributed by atoms with Crippen LogP contribution in [0.2, 0.25) is 0 Å². The van der Waals surface area contributed by atoms with Crippen molar-refractivity contribution >= 4 is 42.4 Å². The maximum Gasteiger partial charge on any atom is 0.254 e. The SMILES string of the molecule is CCCCCOc1cccc(C(=O)N2CCN(c3nc4ccc(S(C)(=O)=O)cc4s3)CC2)c1. The number of thiazole rings is 1. The van der Waals surface area contributed by atoms with E-state index in [4.69, 9.17) is 4.74 Å². The Morgan fingerprint density at radius 3 is 2.61 bits per heavy atom. The van der Waals surface area contributed by atoms with Crippen LogP contribution in [0.4, 0.5) is 5.13 Å². The topological polar surface area (TPSA) is 79.8 Å². The number of amides is 1. The van der Waals surface area contributed by atoms with Gasteiger partial charge < -0.3 is 14.5 Å². The third-order valence-electron chi connectivity index (χ3n) is 5.71. The molecule has 0 N–H and O–H groups in total. The molecular weight excluding hydrogens is 458 g/mol. The minimum Gasteiger partial charge on any atom is -0.494 e. The van der Waals surface area contributed by atoms with Gasteiger partial charge in [-0.25, -0.2) is 13.4 Å². The lowest BCUT2D eigenvalue weighted by molar-refractivity contribution is 0.0746. The summed E-state index contributed by atoms with van der Waals surface area (Å²) in [7, 11) is -3.25. The number of benzene rings is 2. The first-order chi connectivity index (χ1) is 15.8. The van der Waals surface area contributed by atoms with Gasteiger partial charge in [0.2, 0.25) is 0 Å². The Labute approximate surface area is 198 Å². The number of hydrogen-bond donors (Lipinski definition) is 0. The molecule has 3 aromatic rings. The molecule has 176 valence electrons. The van der Waals surface area contributed by atoms with Crippen molar-refractivity contribution < 1.29 is 17.9 Å². The van der Waals surface area contributed by atoms with Gasteiger partial charge in [0.25, 0.3) is 5.91 Å². The number of nitrogens with zero attached hydrogens (tertiary/aromatic N) is 3. The molecule has 1 aliphatic rings. The Balaban J connectivity index is 1.38. The number of carbonyl (C=O) groups is 1. The summed E-state index contributed by atoms with van der Waals surface area (Å²) in [5, 5.41) is 0.852. The third-order valence-corrected chi connectivity index (χ3v) is 7.90. The highest BCUT2D eigenvalue weighted by Gasteiger charge is 2.24. The number of aromatic nitrogens is 1. The molecule has 4 rings (SSSR count). The summed E-state index contributed by atoms with van der Waals surface area (Å²) in [5.41, 5.74) is 1.43. The molecule has 1 fully saturated rings. The molecule has 0 aliphatic carbocycles. The fraction of sp³-hybridized carbons (Fsp3) is 0.417. The summed E-state index contributed by atoms with van der Waals surface area (Å²) in [6, 6.07) is 12.5.